The predicted octanol–water partition coefficient (Wildman–Crippen LogP) is -0.135. The first-order valence-corrected chi connectivity index (χ1v) is 2.52. The first kappa shape index (κ1) is 6.76. The number of hydrogen-bond acceptors (Lipinski definition) is 4. The van der Waals surface area contributed by atoms with Crippen molar-refractivity contribution in [1.29, 1.82) is 0 Å². The fourth-order valence-electron chi connectivity index (χ4n) is 0.557. The maximum Gasteiger partial charge on any atom is 0.358 e. The van der Waals surface area contributed by atoms with Crippen LogP contribution in [0.1, 0.15) is 16.2 Å². The molecule has 5 heteroatoms. The minimum absolute atomic E-state index is 0.0208. The van der Waals surface area contributed by atoms with Crippen LogP contribution in [0.5, 0.6) is 0 Å². The third kappa shape index (κ3) is 0.985. The molecule has 0 saturated heterocycles. The Morgan fingerprint density at radius 1 is 1.80 bits per heavy atom. The number of rotatable bonds is 2. The number of oxazole rings is 1. The van der Waals surface area contributed by atoms with Crippen molar-refractivity contribution in [3.05, 3.63) is 17.8 Å². The molecule has 0 saturated carbocycles. The lowest BCUT2D eigenvalue weighted by Crippen LogP contribution is -2.00. The second-order valence-electron chi connectivity index (χ2n) is 1.59. The Morgan fingerprint density at radius 3 is 2.90 bits per heavy atom. The van der Waals surface area contributed by atoms with Crippen molar-refractivity contribution in [2.24, 2.45) is 0 Å². The average molecular weight is 143 g/mol. The molecule has 0 atom stereocenters. The van der Waals surface area contributed by atoms with Gasteiger partial charge in [-0.1, -0.05) is 0 Å². The van der Waals surface area contributed by atoms with Crippen LogP contribution < -0.4 is 0 Å². The quantitative estimate of drug-likeness (QED) is 0.602. The topological polar surface area (TPSA) is 83.6 Å². The van der Waals surface area contributed by atoms with Crippen LogP contribution in [0.3, 0.4) is 0 Å². The molecule has 0 aromatic carbocycles. The van der Waals surface area contributed by atoms with Gasteiger partial charge in [-0.15, -0.1) is 0 Å². The molecule has 2 N–H and O–H groups in total. The molecule has 0 aliphatic carbocycles. The van der Waals surface area contributed by atoms with Gasteiger partial charge in [-0.3, -0.25) is 0 Å². The summed E-state index contributed by atoms with van der Waals surface area (Å²) in [6, 6.07) is 0. The minimum atomic E-state index is -1.20. The van der Waals surface area contributed by atoms with Crippen molar-refractivity contribution in [3.8, 4) is 0 Å². The maximum absolute atomic E-state index is 10.2. The number of hydrogen-bond donors (Lipinski definition) is 2. The summed E-state index contributed by atoms with van der Waals surface area (Å²) >= 11 is 0. The number of aromatic nitrogens is 1. The average Bonchev–Trinajstić information content (AvgIpc) is 2.33. The second-order valence-corrected chi connectivity index (χ2v) is 1.59. The van der Waals surface area contributed by atoms with Gasteiger partial charge in [-0.05, 0) is 0 Å². The van der Waals surface area contributed by atoms with E-state index in [0.717, 1.165) is 6.39 Å². The molecule has 5 nitrogen and oxygen atoms in total. The lowest BCUT2D eigenvalue weighted by molar-refractivity contribution is 0.0685. The highest BCUT2D eigenvalue weighted by Crippen LogP contribution is 2.05. The summed E-state index contributed by atoms with van der Waals surface area (Å²) in [5, 5.41) is 16.8. The highest BCUT2D eigenvalue weighted by atomic mass is 16.4. The van der Waals surface area contributed by atoms with Gasteiger partial charge >= 0.3 is 5.97 Å². The Balaban J connectivity index is 3.01. The zero-order valence-electron chi connectivity index (χ0n) is 4.94. The van der Waals surface area contributed by atoms with Crippen molar-refractivity contribution in [1.82, 2.24) is 4.98 Å². The number of nitrogens with zero attached hydrogens (tertiary/aromatic N) is 1. The largest absolute Gasteiger partial charge is 0.476 e. The normalized spacial score (nSPS) is 9.70. The number of aromatic carboxylic acids is 1. The third-order valence-electron chi connectivity index (χ3n) is 0.987. The van der Waals surface area contributed by atoms with Crippen LogP contribution in [0.4, 0.5) is 0 Å². The van der Waals surface area contributed by atoms with Crippen LogP contribution >= 0.6 is 0 Å². The second kappa shape index (κ2) is 2.49. The number of aliphatic hydroxyl groups excluding tert-OH is 1. The van der Waals surface area contributed by atoms with E-state index < -0.39 is 12.6 Å². The van der Waals surface area contributed by atoms with E-state index in [-0.39, 0.29) is 11.5 Å². The van der Waals surface area contributed by atoms with Crippen molar-refractivity contribution in [2.75, 3.05) is 0 Å². The lowest BCUT2D eigenvalue weighted by Gasteiger charge is -1.87. The van der Waals surface area contributed by atoms with E-state index in [0.29, 0.717) is 0 Å². The van der Waals surface area contributed by atoms with Crippen molar-refractivity contribution < 1.29 is 19.4 Å². The summed E-state index contributed by atoms with van der Waals surface area (Å²) in [5.41, 5.74) is -0.234. The summed E-state index contributed by atoms with van der Waals surface area (Å²) in [6.45, 7) is -0.443. The molecule has 1 aromatic heterocycles. The van der Waals surface area contributed by atoms with Crippen molar-refractivity contribution in [3.63, 3.8) is 0 Å². The van der Waals surface area contributed by atoms with Gasteiger partial charge in [-0.2, -0.15) is 0 Å². The van der Waals surface area contributed by atoms with Crippen molar-refractivity contribution in [2.45, 2.75) is 6.61 Å². The highest BCUT2D eigenvalue weighted by Gasteiger charge is 2.13. The molecule has 0 bridgehead atoms. The van der Waals surface area contributed by atoms with E-state index in [4.69, 9.17) is 10.2 Å². The lowest BCUT2D eigenvalue weighted by atomic mass is 10.3. The van der Waals surface area contributed by atoms with Gasteiger partial charge in [0.1, 0.15) is 6.61 Å². The van der Waals surface area contributed by atoms with Gasteiger partial charge in [0.2, 0.25) is 0 Å². The molecular formula is C5H5NO4. The molecule has 1 heterocycles. The van der Waals surface area contributed by atoms with Gasteiger partial charge in [0, 0.05) is 0 Å². The Labute approximate surface area is 55.9 Å². The monoisotopic (exact) mass is 143 g/mol. The number of carboxylic acids is 1. The molecular weight excluding hydrogens is 138 g/mol. The standard InChI is InChI=1S/C5H5NO4/c7-1-3-4(5(8)9)6-2-10-3/h2,7H,1H2,(H,8,9). The van der Waals surface area contributed by atoms with Gasteiger partial charge in [0.25, 0.3) is 0 Å². The molecule has 0 unspecified atom stereocenters. The first-order chi connectivity index (χ1) is 4.75. The summed E-state index contributed by atoms with van der Waals surface area (Å²) < 4.78 is 4.53. The molecule has 0 fully saturated rings. The van der Waals surface area contributed by atoms with Crippen LogP contribution in [0.25, 0.3) is 0 Å². The van der Waals surface area contributed by atoms with Gasteiger partial charge in [0.05, 0.1) is 0 Å². The zero-order chi connectivity index (χ0) is 7.56. The van der Waals surface area contributed by atoms with E-state index >= 15 is 0 Å². The molecule has 0 amide bonds. The third-order valence-corrected chi connectivity index (χ3v) is 0.987. The molecule has 0 radical (unpaired) electrons. The van der Waals surface area contributed by atoms with Crippen LogP contribution in [0.2, 0.25) is 0 Å². The number of carbonyl (C=O) groups is 1. The molecule has 1 rings (SSSR count). The molecule has 1 aromatic rings. The fraction of sp³-hybridized carbons (Fsp3) is 0.200. The smallest absolute Gasteiger partial charge is 0.358 e. The fourth-order valence-corrected chi connectivity index (χ4v) is 0.557. The van der Waals surface area contributed by atoms with Gasteiger partial charge in [0.15, 0.2) is 17.8 Å². The van der Waals surface area contributed by atoms with Crippen LogP contribution in [0.15, 0.2) is 10.8 Å². The van der Waals surface area contributed by atoms with E-state index in [2.05, 4.69) is 9.40 Å². The van der Waals surface area contributed by atoms with E-state index in [9.17, 15) is 4.79 Å². The zero-order valence-corrected chi connectivity index (χ0v) is 4.94. The van der Waals surface area contributed by atoms with E-state index in [1.54, 1.807) is 0 Å². The Hall–Kier alpha value is -1.36. The van der Waals surface area contributed by atoms with Crippen molar-refractivity contribution >= 4 is 5.97 Å². The Morgan fingerprint density at radius 2 is 2.50 bits per heavy atom. The molecule has 0 spiro atoms. The SMILES string of the molecule is O=C(O)c1ncoc1CO. The number of carboxylic acid groups (broad SMARTS) is 1. The molecule has 0 aliphatic heterocycles. The molecule has 0 aliphatic rings. The van der Waals surface area contributed by atoms with Crippen LogP contribution in [-0.4, -0.2) is 21.2 Å². The van der Waals surface area contributed by atoms with Crippen LogP contribution in [0, 0.1) is 0 Å². The Kier molecular flexibility index (Phi) is 1.68. The summed E-state index contributed by atoms with van der Waals surface area (Å²) in [6.07, 6.45) is 0.981. The predicted molar refractivity (Wildman–Crippen MR) is 29.4 cm³/mol. The van der Waals surface area contributed by atoms with Crippen LogP contribution in [-0.2, 0) is 6.61 Å². The molecule has 54 valence electrons. The Bertz CT molecular complexity index is 242. The highest BCUT2D eigenvalue weighted by molar-refractivity contribution is 5.86. The minimum Gasteiger partial charge on any atom is -0.476 e. The number of aliphatic hydroxyl groups is 1. The van der Waals surface area contributed by atoms with E-state index in [1.165, 1.54) is 0 Å². The summed E-state index contributed by atoms with van der Waals surface area (Å²) in [5.74, 6) is -1.22. The summed E-state index contributed by atoms with van der Waals surface area (Å²) in [7, 11) is 0. The van der Waals surface area contributed by atoms with E-state index in [1.807, 2.05) is 0 Å². The molecule has 10 heavy (non-hydrogen) atoms. The summed E-state index contributed by atoms with van der Waals surface area (Å²) in [4.78, 5) is 13.6. The van der Waals surface area contributed by atoms with Gasteiger partial charge < -0.3 is 14.6 Å². The maximum atomic E-state index is 10.2. The first-order valence-electron chi connectivity index (χ1n) is 2.52. The van der Waals surface area contributed by atoms with Gasteiger partial charge in [-0.25, -0.2) is 9.78 Å².